The number of carboxylic acids is 1. The highest BCUT2D eigenvalue weighted by Crippen LogP contribution is 2.29. The molecule has 0 saturated carbocycles. The third-order valence-electron chi connectivity index (χ3n) is 4.41. The van der Waals surface area contributed by atoms with E-state index in [1.807, 2.05) is 0 Å². The molecule has 1 heterocycles. The summed E-state index contributed by atoms with van der Waals surface area (Å²) in [4.78, 5) is 24.8. The van der Waals surface area contributed by atoms with Gasteiger partial charge in [-0.2, -0.15) is 5.10 Å². The fourth-order valence-electron chi connectivity index (χ4n) is 2.98. The van der Waals surface area contributed by atoms with Crippen LogP contribution >= 0.6 is 23.2 Å². The van der Waals surface area contributed by atoms with Crippen molar-refractivity contribution in [3.05, 3.63) is 69.7 Å². The Hall–Kier alpha value is -2.67. The van der Waals surface area contributed by atoms with Gasteiger partial charge in [0.05, 0.1) is 23.9 Å². The van der Waals surface area contributed by atoms with E-state index in [1.165, 1.54) is 18.2 Å². The molecule has 0 saturated heterocycles. The Labute approximate surface area is 178 Å². The highest BCUT2D eigenvalue weighted by Gasteiger charge is 2.37. The maximum atomic E-state index is 13.0. The van der Waals surface area contributed by atoms with Gasteiger partial charge in [0.25, 0.3) is 5.91 Å². The first kappa shape index (κ1) is 21.0. The summed E-state index contributed by atoms with van der Waals surface area (Å²) in [6, 6.07) is 13.5. The number of carbonyl (C=O) groups excluding carboxylic acids is 1. The summed E-state index contributed by atoms with van der Waals surface area (Å²) >= 11 is 11.8. The molecule has 1 unspecified atom stereocenters. The van der Waals surface area contributed by atoms with Crippen molar-refractivity contribution in [2.24, 2.45) is 11.0 Å². The van der Waals surface area contributed by atoms with Crippen molar-refractivity contribution >= 4 is 52.6 Å². The van der Waals surface area contributed by atoms with Crippen LogP contribution in [0.15, 0.2) is 59.2 Å². The lowest BCUT2D eigenvalue weighted by Crippen LogP contribution is -2.29. The van der Waals surface area contributed by atoms with Gasteiger partial charge in [0.1, 0.15) is 0 Å². The van der Waals surface area contributed by atoms with Gasteiger partial charge in [-0.15, -0.1) is 0 Å². The molecule has 0 aromatic heterocycles. The number of hydrogen-bond donors (Lipinski definition) is 1. The van der Waals surface area contributed by atoms with Crippen LogP contribution in [0.3, 0.4) is 0 Å². The molecule has 0 spiro atoms. The zero-order valence-corrected chi connectivity index (χ0v) is 17.0. The van der Waals surface area contributed by atoms with Crippen molar-refractivity contribution in [2.45, 2.75) is 6.42 Å². The predicted molar refractivity (Wildman–Crippen MR) is 113 cm³/mol. The van der Waals surface area contributed by atoms with E-state index in [2.05, 4.69) is 5.10 Å². The number of ether oxygens (including phenoxy) is 1. The van der Waals surface area contributed by atoms with Gasteiger partial charge in [-0.3, -0.25) is 4.79 Å². The summed E-state index contributed by atoms with van der Waals surface area (Å²) in [5.41, 5.74) is 1.79. The summed E-state index contributed by atoms with van der Waals surface area (Å²) in [7, 11) is 1.50. The Morgan fingerprint density at radius 3 is 2.28 bits per heavy atom. The first-order valence-corrected chi connectivity index (χ1v) is 9.50. The Kier molecular flexibility index (Phi) is 6.69. The van der Waals surface area contributed by atoms with E-state index in [-0.39, 0.29) is 24.5 Å². The number of aliphatic carboxylic acids is 1. The number of benzene rings is 2. The van der Waals surface area contributed by atoms with Crippen LogP contribution in [0.1, 0.15) is 12.0 Å². The molecule has 0 radical (unpaired) electrons. The molecular weight excluding hydrogens is 415 g/mol. The van der Waals surface area contributed by atoms with Crippen molar-refractivity contribution in [2.75, 3.05) is 18.7 Å². The van der Waals surface area contributed by atoms with Gasteiger partial charge >= 0.3 is 5.97 Å². The van der Waals surface area contributed by atoms with Crippen molar-refractivity contribution in [1.29, 1.82) is 0 Å². The molecule has 1 N–H and O–H groups in total. The number of hydrazone groups is 1. The molecule has 2 aromatic rings. The van der Waals surface area contributed by atoms with Crippen LogP contribution in [0, 0.1) is 5.92 Å². The SMILES string of the molecule is COCC1=NN(c2ccc(Cl)cc2)C(=O)C1CC(=Cc1ccc(Cl)cc1)C(=O)O. The minimum Gasteiger partial charge on any atom is -0.478 e. The topological polar surface area (TPSA) is 79.2 Å². The maximum absolute atomic E-state index is 13.0. The Morgan fingerprint density at radius 2 is 1.72 bits per heavy atom. The van der Waals surface area contributed by atoms with Crippen LogP contribution < -0.4 is 5.01 Å². The molecule has 8 heteroatoms. The normalized spacial score (nSPS) is 16.9. The summed E-state index contributed by atoms with van der Waals surface area (Å²) in [5.74, 6) is -2.16. The zero-order valence-electron chi connectivity index (χ0n) is 15.5. The number of amides is 1. The van der Waals surface area contributed by atoms with E-state index in [4.69, 9.17) is 27.9 Å². The third kappa shape index (κ3) is 5.03. The molecule has 0 fully saturated rings. The van der Waals surface area contributed by atoms with E-state index in [0.717, 1.165) is 0 Å². The average Bonchev–Trinajstić information content (AvgIpc) is 2.99. The largest absolute Gasteiger partial charge is 0.478 e. The Bertz CT molecular complexity index is 969. The second kappa shape index (κ2) is 9.22. The summed E-state index contributed by atoms with van der Waals surface area (Å²) in [6.45, 7) is 0.119. The smallest absolute Gasteiger partial charge is 0.331 e. The van der Waals surface area contributed by atoms with Gasteiger partial charge in [0.2, 0.25) is 0 Å². The molecule has 150 valence electrons. The number of nitrogens with zero attached hydrogens (tertiary/aromatic N) is 2. The minimum atomic E-state index is -1.10. The molecule has 1 aliphatic rings. The fourth-order valence-corrected chi connectivity index (χ4v) is 3.23. The van der Waals surface area contributed by atoms with Gasteiger partial charge in [0.15, 0.2) is 0 Å². The lowest BCUT2D eigenvalue weighted by Gasteiger charge is -2.15. The molecule has 1 atom stereocenters. The second-order valence-electron chi connectivity index (χ2n) is 6.43. The van der Waals surface area contributed by atoms with Gasteiger partial charge < -0.3 is 9.84 Å². The number of carboxylic acid groups (broad SMARTS) is 1. The maximum Gasteiger partial charge on any atom is 0.331 e. The van der Waals surface area contributed by atoms with Crippen LogP contribution in [-0.4, -0.2) is 36.4 Å². The van der Waals surface area contributed by atoms with Crippen molar-refractivity contribution < 1.29 is 19.4 Å². The molecule has 3 rings (SSSR count). The molecule has 1 amide bonds. The number of halogens is 2. The summed E-state index contributed by atoms with van der Waals surface area (Å²) in [6.07, 6.45) is 1.52. The first-order chi connectivity index (χ1) is 13.9. The van der Waals surface area contributed by atoms with Crippen LogP contribution in [0.4, 0.5) is 5.69 Å². The number of anilines is 1. The lowest BCUT2D eigenvalue weighted by atomic mass is 9.93. The van der Waals surface area contributed by atoms with Gasteiger partial charge in [0, 0.05) is 22.7 Å². The number of rotatable bonds is 7. The van der Waals surface area contributed by atoms with E-state index in [1.54, 1.807) is 48.5 Å². The van der Waals surface area contributed by atoms with E-state index in [9.17, 15) is 14.7 Å². The average molecular weight is 433 g/mol. The van der Waals surface area contributed by atoms with Crippen molar-refractivity contribution in [3.63, 3.8) is 0 Å². The Balaban J connectivity index is 1.89. The highest BCUT2D eigenvalue weighted by molar-refractivity contribution is 6.31. The van der Waals surface area contributed by atoms with Crippen LogP contribution in [0.5, 0.6) is 0 Å². The van der Waals surface area contributed by atoms with Gasteiger partial charge in [-0.05, 0) is 54.5 Å². The monoisotopic (exact) mass is 432 g/mol. The Morgan fingerprint density at radius 1 is 1.14 bits per heavy atom. The zero-order chi connectivity index (χ0) is 21.0. The molecule has 29 heavy (non-hydrogen) atoms. The van der Waals surface area contributed by atoms with Crippen LogP contribution in [0.25, 0.3) is 6.08 Å². The third-order valence-corrected chi connectivity index (χ3v) is 4.91. The number of methoxy groups -OCH3 is 1. The van der Waals surface area contributed by atoms with E-state index in [0.29, 0.717) is 27.0 Å². The molecular formula is C21H18Cl2N2O4. The summed E-state index contributed by atoms with van der Waals surface area (Å²) < 4.78 is 5.17. The molecule has 0 aliphatic carbocycles. The number of carbonyl (C=O) groups is 2. The molecule has 0 bridgehead atoms. The predicted octanol–water partition coefficient (Wildman–Crippen LogP) is 4.52. The van der Waals surface area contributed by atoms with E-state index >= 15 is 0 Å². The number of hydrogen-bond acceptors (Lipinski definition) is 4. The minimum absolute atomic E-state index is 0.0108. The quantitative estimate of drug-likeness (QED) is 0.652. The van der Waals surface area contributed by atoms with Gasteiger partial charge in [-0.1, -0.05) is 35.3 Å². The fraction of sp³-hybridized carbons (Fsp3) is 0.190. The first-order valence-electron chi connectivity index (χ1n) is 8.74. The van der Waals surface area contributed by atoms with Gasteiger partial charge in [-0.25, -0.2) is 9.80 Å². The standard InChI is InChI=1S/C21H18Cl2N2O4/c1-29-12-19-18(20(26)25(24-19)17-8-6-16(23)7-9-17)11-14(21(27)28)10-13-2-4-15(22)5-3-13/h2-10,18H,11-12H2,1H3,(H,27,28). The van der Waals surface area contributed by atoms with Crippen LogP contribution in [-0.2, 0) is 14.3 Å². The lowest BCUT2D eigenvalue weighted by molar-refractivity contribution is -0.132. The van der Waals surface area contributed by atoms with E-state index < -0.39 is 11.9 Å². The summed E-state index contributed by atoms with van der Waals surface area (Å²) in [5, 5.41) is 16.4. The van der Waals surface area contributed by atoms with Crippen LogP contribution in [0.2, 0.25) is 10.0 Å². The van der Waals surface area contributed by atoms with Crippen molar-refractivity contribution in [3.8, 4) is 0 Å². The highest BCUT2D eigenvalue weighted by atomic mass is 35.5. The second-order valence-corrected chi connectivity index (χ2v) is 7.31. The molecule has 6 nitrogen and oxygen atoms in total. The van der Waals surface area contributed by atoms with Crippen molar-refractivity contribution in [1.82, 2.24) is 0 Å². The molecule has 2 aromatic carbocycles. The molecule has 1 aliphatic heterocycles.